The molecule has 4 rings (SSSR count). The maximum absolute atomic E-state index is 14.7. The number of benzene rings is 2. The lowest BCUT2D eigenvalue weighted by Gasteiger charge is -2.18. The van der Waals surface area contributed by atoms with Gasteiger partial charge in [0.2, 0.25) is 0 Å². The third-order valence-electron chi connectivity index (χ3n) is 5.16. The summed E-state index contributed by atoms with van der Waals surface area (Å²) in [4.78, 5) is 18.0. The van der Waals surface area contributed by atoms with Crippen molar-refractivity contribution < 1.29 is 18.7 Å². The van der Waals surface area contributed by atoms with E-state index in [0.29, 0.717) is 27.9 Å². The predicted molar refractivity (Wildman–Crippen MR) is 105 cm³/mol. The highest BCUT2D eigenvalue weighted by Crippen LogP contribution is 2.29. The van der Waals surface area contributed by atoms with Crippen LogP contribution in [-0.4, -0.2) is 20.9 Å². The lowest BCUT2D eigenvalue weighted by molar-refractivity contribution is 0.0761. The highest BCUT2D eigenvalue weighted by atomic mass is 19.1. The Labute approximate surface area is 167 Å². The second-order valence-electron chi connectivity index (χ2n) is 7.71. The molecular weight excluding hydrogens is 374 g/mol. The summed E-state index contributed by atoms with van der Waals surface area (Å²) in [6, 6.07) is 12.8. The summed E-state index contributed by atoms with van der Waals surface area (Å²) in [5.41, 5.74) is 1.68. The van der Waals surface area contributed by atoms with Crippen molar-refractivity contribution in [3.63, 3.8) is 0 Å². The summed E-state index contributed by atoms with van der Waals surface area (Å²) in [5, 5.41) is 10.0. The summed E-state index contributed by atoms with van der Waals surface area (Å²) in [5.74, 6) is -1.69. The van der Waals surface area contributed by atoms with Crippen LogP contribution in [0.25, 0.3) is 11.1 Å². The lowest BCUT2D eigenvalue weighted by atomic mass is 9.95. The average molecular weight is 394 g/mol. The molecule has 1 aliphatic heterocycles. The number of nitrogens with zero attached hydrogens (tertiary/aromatic N) is 2. The Balaban J connectivity index is 1.59. The Morgan fingerprint density at radius 3 is 2.31 bits per heavy atom. The zero-order valence-corrected chi connectivity index (χ0v) is 16.1. The zero-order valence-electron chi connectivity index (χ0n) is 16.1. The van der Waals surface area contributed by atoms with E-state index in [4.69, 9.17) is 0 Å². The number of carbonyl (C=O) groups excluding carboxylic acids is 1. The van der Waals surface area contributed by atoms with Gasteiger partial charge in [-0.3, -0.25) is 9.78 Å². The highest BCUT2D eigenvalue weighted by Gasteiger charge is 2.29. The molecule has 0 radical (unpaired) electrons. The highest BCUT2D eigenvalue weighted by molar-refractivity contribution is 5.97. The van der Waals surface area contributed by atoms with Crippen molar-refractivity contribution in [1.82, 2.24) is 9.88 Å². The van der Waals surface area contributed by atoms with E-state index < -0.39 is 17.2 Å². The molecule has 29 heavy (non-hydrogen) atoms. The summed E-state index contributed by atoms with van der Waals surface area (Å²) in [7, 11) is 0. The van der Waals surface area contributed by atoms with Crippen molar-refractivity contribution in [3.8, 4) is 11.1 Å². The van der Waals surface area contributed by atoms with Crippen LogP contribution in [-0.2, 0) is 18.7 Å². The molecule has 1 aromatic heterocycles. The van der Waals surface area contributed by atoms with Gasteiger partial charge in [-0.2, -0.15) is 0 Å². The molecule has 6 heteroatoms. The molecule has 0 bridgehead atoms. The number of hydrogen-bond acceptors (Lipinski definition) is 3. The molecule has 3 aromatic rings. The van der Waals surface area contributed by atoms with Gasteiger partial charge in [0.25, 0.3) is 5.91 Å². The van der Waals surface area contributed by atoms with Gasteiger partial charge in [-0.1, -0.05) is 24.3 Å². The van der Waals surface area contributed by atoms with E-state index in [1.165, 1.54) is 17.0 Å². The smallest absolute Gasteiger partial charge is 0.256 e. The number of aliphatic hydroxyl groups is 1. The van der Waals surface area contributed by atoms with E-state index in [1.807, 2.05) is 0 Å². The van der Waals surface area contributed by atoms with Crippen LogP contribution < -0.4 is 0 Å². The van der Waals surface area contributed by atoms with Crippen molar-refractivity contribution in [3.05, 3.63) is 88.7 Å². The molecule has 148 valence electrons. The van der Waals surface area contributed by atoms with E-state index in [9.17, 15) is 18.7 Å². The predicted octanol–water partition coefficient (Wildman–Crippen LogP) is 4.41. The van der Waals surface area contributed by atoms with Crippen molar-refractivity contribution in [2.24, 2.45) is 0 Å². The SMILES string of the molecule is CC(C)(O)c1ccc(-c2cc(F)c(CN3Cc4ncccc4C3=O)c(F)c2)cc1. The topological polar surface area (TPSA) is 53.4 Å². The van der Waals surface area contributed by atoms with Gasteiger partial charge in [0.15, 0.2) is 0 Å². The van der Waals surface area contributed by atoms with Gasteiger partial charge in [-0.05, 0) is 54.8 Å². The molecule has 1 amide bonds. The molecule has 0 aliphatic carbocycles. The first kappa shape index (κ1) is 19.2. The van der Waals surface area contributed by atoms with E-state index in [-0.39, 0.29) is 24.6 Å². The first-order valence-electron chi connectivity index (χ1n) is 9.28. The third-order valence-corrected chi connectivity index (χ3v) is 5.16. The Bertz CT molecular complexity index is 1070. The monoisotopic (exact) mass is 394 g/mol. The Morgan fingerprint density at radius 2 is 1.72 bits per heavy atom. The number of amides is 1. The maximum atomic E-state index is 14.7. The van der Waals surface area contributed by atoms with Crippen LogP contribution in [0.15, 0.2) is 54.7 Å². The third kappa shape index (κ3) is 3.63. The number of aromatic nitrogens is 1. The van der Waals surface area contributed by atoms with Gasteiger partial charge in [0.05, 0.1) is 29.9 Å². The van der Waals surface area contributed by atoms with E-state index in [1.54, 1.807) is 56.4 Å². The summed E-state index contributed by atoms with van der Waals surface area (Å²) < 4.78 is 29.5. The molecule has 1 aliphatic rings. The lowest BCUT2D eigenvalue weighted by Crippen LogP contribution is -2.24. The van der Waals surface area contributed by atoms with Crippen molar-refractivity contribution in [2.45, 2.75) is 32.5 Å². The number of carbonyl (C=O) groups is 1. The van der Waals surface area contributed by atoms with Crippen LogP contribution in [0.4, 0.5) is 8.78 Å². The number of pyridine rings is 1. The van der Waals surface area contributed by atoms with Crippen LogP contribution in [0.5, 0.6) is 0 Å². The Kier molecular flexibility index (Phi) is 4.67. The van der Waals surface area contributed by atoms with Crippen LogP contribution in [0, 0.1) is 11.6 Å². The van der Waals surface area contributed by atoms with Crippen LogP contribution >= 0.6 is 0 Å². The maximum Gasteiger partial charge on any atom is 0.256 e. The molecule has 1 N–H and O–H groups in total. The minimum atomic E-state index is -0.992. The Morgan fingerprint density at radius 1 is 1.07 bits per heavy atom. The van der Waals surface area contributed by atoms with E-state index in [0.717, 1.165) is 0 Å². The summed E-state index contributed by atoms with van der Waals surface area (Å²) in [6.45, 7) is 3.41. The standard InChI is InChI=1S/C23H20F2N2O2/c1-23(2,29)16-7-5-14(6-8-16)15-10-19(24)18(20(25)11-15)12-27-13-21-17(22(27)28)4-3-9-26-21/h3-11,29H,12-13H2,1-2H3. The fourth-order valence-corrected chi connectivity index (χ4v) is 3.49. The molecule has 4 nitrogen and oxygen atoms in total. The number of rotatable bonds is 4. The molecule has 2 aromatic carbocycles. The Hall–Kier alpha value is -3.12. The fraction of sp³-hybridized carbons (Fsp3) is 0.217. The second-order valence-corrected chi connectivity index (χ2v) is 7.71. The van der Waals surface area contributed by atoms with E-state index in [2.05, 4.69) is 4.98 Å². The van der Waals surface area contributed by atoms with Crippen LogP contribution in [0.3, 0.4) is 0 Å². The van der Waals surface area contributed by atoms with Gasteiger partial charge in [-0.25, -0.2) is 8.78 Å². The van der Waals surface area contributed by atoms with Gasteiger partial charge in [0.1, 0.15) is 11.6 Å². The fourth-order valence-electron chi connectivity index (χ4n) is 3.49. The number of fused-ring (bicyclic) bond motifs is 1. The molecule has 2 heterocycles. The van der Waals surface area contributed by atoms with Gasteiger partial charge in [-0.15, -0.1) is 0 Å². The minimum absolute atomic E-state index is 0.150. The average Bonchev–Trinajstić information content (AvgIpc) is 3.00. The molecule has 0 saturated carbocycles. The van der Waals surface area contributed by atoms with Gasteiger partial charge < -0.3 is 10.0 Å². The molecule has 0 saturated heterocycles. The van der Waals surface area contributed by atoms with Gasteiger partial charge >= 0.3 is 0 Å². The minimum Gasteiger partial charge on any atom is -0.386 e. The van der Waals surface area contributed by atoms with Crippen molar-refractivity contribution in [2.75, 3.05) is 0 Å². The quantitative estimate of drug-likeness (QED) is 0.713. The van der Waals surface area contributed by atoms with Gasteiger partial charge in [0, 0.05) is 11.8 Å². The van der Waals surface area contributed by atoms with Crippen LogP contribution in [0.2, 0.25) is 0 Å². The molecular formula is C23H20F2N2O2. The van der Waals surface area contributed by atoms with Crippen molar-refractivity contribution in [1.29, 1.82) is 0 Å². The van der Waals surface area contributed by atoms with Crippen molar-refractivity contribution >= 4 is 5.91 Å². The zero-order chi connectivity index (χ0) is 20.8. The first-order valence-corrected chi connectivity index (χ1v) is 9.28. The number of halogens is 2. The molecule has 0 unspecified atom stereocenters. The summed E-state index contributed by atoms with van der Waals surface area (Å²) >= 11 is 0. The first-order chi connectivity index (χ1) is 13.7. The normalized spacial score (nSPS) is 13.7. The molecule has 0 spiro atoms. The second kappa shape index (κ2) is 7.04. The number of hydrogen-bond donors (Lipinski definition) is 1. The summed E-state index contributed by atoms with van der Waals surface area (Å²) in [6.07, 6.45) is 1.59. The van der Waals surface area contributed by atoms with E-state index >= 15 is 0 Å². The largest absolute Gasteiger partial charge is 0.386 e. The molecule has 0 fully saturated rings. The molecule has 0 atom stereocenters. The van der Waals surface area contributed by atoms with Crippen LogP contribution in [0.1, 0.15) is 41.0 Å².